The van der Waals surface area contributed by atoms with E-state index >= 15 is 0 Å². The van der Waals surface area contributed by atoms with Gasteiger partial charge in [0, 0.05) is 0 Å². The first-order valence-electron chi connectivity index (χ1n) is 5.06. The summed E-state index contributed by atoms with van der Waals surface area (Å²) in [5.41, 5.74) is 5.73. The molecule has 1 saturated carbocycles. The summed E-state index contributed by atoms with van der Waals surface area (Å²) < 4.78 is 5.96. The molecule has 1 fully saturated rings. The Balaban J connectivity index is 2.46. The van der Waals surface area contributed by atoms with Gasteiger partial charge >= 0.3 is 0 Å². The first kappa shape index (κ1) is 10.0. The number of nitrogens with two attached hydrogens (primary N) is 1. The Morgan fingerprint density at radius 3 is 2.33 bits per heavy atom. The Kier molecular flexibility index (Phi) is 3.53. The SMILES string of the molecule is CC(C)OC1(CCN)CCCC1. The molecule has 0 atom stereocenters. The Hall–Kier alpha value is -0.0800. The van der Waals surface area contributed by atoms with E-state index in [1.165, 1.54) is 25.7 Å². The van der Waals surface area contributed by atoms with E-state index in [4.69, 9.17) is 10.5 Å². The van der Waals surface area contributed by atoms with Crippen molar-refractivity contribution >= 4 is 0 Å². The van der Waals surface area contributed by atoms with Crippen LogP contribution in [0.15, 0.2) is 0 Å². The van der Waals surface area contributed by atoms with E-state index in [1.54, 1.807) is 0 Å². The van der Waals surface area contributed by atoms with Crippen LogP contribution in [0.2, 0.25) is 0 Å². The second-order valence-corrected chi connectivity index (χ2v) is 4.10. The third-order valence-corrected chi connectivity index (χ3v) is 2.60. The van der Waals surface area contributed by atoms with Gasteiger partial charge in [-0.15, -0.1) is 0 Å². The van der Waals surface area contributed by atoms with Gasteiger partial charge in [0.2, 0.25) is 0 Å². The second kappa shape index (κ2) is 4.24. The van der Waals surface area contributed by atoms with E-state index in [9.17, 15) is 0 Å². The largest absolute Gasteiger partial charge is 0.372 e. The molecule has 0 unspecified atom stereocenters. The lowest BCUT2D eigenvalue weighted by Crippen LogP contribution is -2.34. The number of hydrogen-bond donors (Lipinski definition) is 1. The molecule has 2 nitrogen and oxygen atoms in total. The summed E-state index contributed by atoms with van der Waals surface area (Å²) in [5.74, 6) is 0. The predicted octanol–water partition coefficient (Wildman–Crippen LogP) is 2.07. The smallest absolute Gasteiger partial charge is 0.0698 e. The van der Waals surface area contributed by atoms with Crippen LogP contribution in [0.3, 0.4) is 0 Å². The van der Waals surface area contributed by atoms with Crippen molar-refractivity contribution in [2.24, 2.45) is 5.73 Å². The van der Waals surface area contributed by atoms with Gasteiger partial charge in [0.25, 0.3) is 0 Å². The van der Waals surface area contributed by atoms with Crippen LogP contribution < -0.4 is 5.73 Å². The minimum atomic E-state index is 0.142. The van der Waals surface area contributed by atoms with Gasteiger partial charge in [0.1, 0.15) is 0 Å². The van der Waals surface area contributed by atoms with Crippen LogP contribution in [0.25, 0.3) is 0 Å². The maximum Gasteiger partial charge on any atom is 0.0698 e. The molecule has 0 aromatic heterocycles. The normalized spacial score (nSPS) is 22.0. The van der Waals surface area contributed by atoms with Crippen molar-refractivity contribution in [2.75, 3.05) is 6.54 Å². The molecule has 0 amide bonds. The monoisotopic (exact) mass is 171 g/mol. The molecular weight excluding hydrogens is 150 g/mol. The maximum atomic E-state index is 5.96. The van der Waals surface area contributed by atoms with Crippen molar-refractivity contribution in [3.63, 3.8) is 0 Å². The zero-order chi connectivity index (χ0) is 9.03. The van der Waals surface area contributed by atoms with E-state index in [0.29, 0.717) is 6.10 Å². The van der Waals surface area contributed by atoms with Crippen LogP contribution in [0, 0.1) is 0 Å². The first-order valence-corrected chi connectivity index (χ1v) is 5.06. The highest BCUT2D eigenvalue weighted by molar-refractivity contribution is 4.87. The summed E-state index contributed by atoms with van der Waals surface area (Å²) in [6.07, 6.45) is 6.42. The molecule has 0 aromatic rings. The van der Waals surface area contributed by atoms with Gasteiger partial charge in [-0.05, 0) is 39.7 Å². The molecule has 0 radical (unpaired) electrons. The van der Waals surface area contributed by atoms with E-state index in [2.05, 4.69) is 13.8 Å². The minimum absolute atomic E-state index is 0.142. The van der Waals surface area contributed by atoms with Crippen molar-refractivity contribution in [1.29, 1.82) is 0 Å². The summed E-state index contributed by atoms with van der Waals surface area (Å²) in [6.45, 7) is 4.97. The second-order valence-electron chi connectivity index (χ2n) is 4.10. The minimum Gasteiger partial charge on any atom is -0.372 e. The van der Waals surface area contributed by atoms with Crippen molar-refractivity contribution in [3.8, 4) is 0 Å². The van der Waals surface area contributed by atoms with Crippen LogP contribution in [0.4, 0.5) is 0 Å². The van der Waals surface area contributed by atoms with Gasteiger partial charge in [-0.3, -0.25) is 0 Å². The number of hydrogen-bond acceptors (Lipinski definition) is 2. The van der Waals surface area contributed by atoms with Crippen LogP contribution >= 0.6 is 0 Å². The van der Waals surface area contributed by atoms with Gasteiger partial charge in [0.05, 0.1) is 11.7 Å². The fourth-order valence-electron chi connectivity index (χ4n) is 2.21. The van der Waals surface area contributed by atoms with Crippen molar-refractivity contribution in [2.45, 2.75) is 57.7 Å². The quantitative estimate of drug-likeness (QED) is 0.702. The lowest BCUT2D eigenvalue weighted by molar-refractivity contribution is -0.0791. The van der Waals surface area contributed by atoms with E-state index in [1.807, 2.05) is 0 Å². The molecule has 0 bridgehead atoms. The summed E-state index contributed by atoms with van der Waals surface area (Å²) in [4.78, 5) is 0. The van der Waals surface area contributed by atoms with Crippen LogP contribution in [0.5, 0.6) is 0 Å². The fraction of sp³-hybridized carbons (Fsp3) is 1.00. The molecule has 1 rings (SSSR count). The van der Waals surface area contributed by atoms with Gasteiger partial charge in [-0.25, -0.2) is 0 Å². The molecule has 1 aliphatic rings. The molecule has 72 valence electrons. The average Bonchev–Trinajstić information content (AvgIpc) is 2.36. The van der Waals surface area contributed by atoms with Crippen LogP contribution in [-0.2, 0) is 4.74 Å². The highest BCUT2D eigenvalue weighted by Gasteiger charge is 2.34. The van der Waals surface area contributed by atoms with Crippen LogP contribution in [-0.4, -0.2) is 18.2 Å². The fourth-order valence-corrected chi connectivity index (χ4v) is 2.21. The molecule has 0 saturated heterocycles. The molecule has 2 N–H and O–H groups in total. The van der Waals surface area contributed by atoms with Gasteiger partial charge in [0.15, 0.2) is 0 Å². The van der Waals surface area contributed by atoms with Crippen molar-refractivity contribution < 1.29 is 4.74 Å². The standard InChI is InChI=1S/C10H21NO/c1-9(2)12-10(7-8-11)5-3-4-6-10/h9H,3-8,11H2,1-2H3. The summed E-state index contributed by atoms with van der Waals surface area (Å²) in [7, 11) is 0. The highest BCUT2D eigenvalue weighted by Crippen LogP contribution is 2.36. The molecule has 0 heterocycles. The lowest BCUT2D eigenvalue weighted by atomic mass is 9.97. The van der Waals surface area contributed by atoms with Gasteiger partial charge in [-0.2, -0.15) is 0 Å². The summed E-state index contributed by atoms with van der Waals surface area (Å²) in [5, 5.41) is 0. The lowest BCUT2D eigenvalue weighted by Gasteiger charge is -2.31. The third kappa shape index (κ3) is 2.46. The molecule has 12 heavy (non-hydrogen) atoms. The zero-order valence-corrected chi connectivity index (χ0v) is 8.31. The maximum absolute atomic E-state index is 5.96. The number of rotatable bonds is 4. The first-order chi connectivity index (χ1) is 5.68. The molecular formula is C10H21NO. The summed E-state index contributed by atoms with van der Waals surface area (Å²) in [6, 6.07) is 0. The Bertz CT molecular complexity index is 128. The Morgan fingerprint density at radius 2 is 1.92 bits per heavy atom. The van der Waals surface area contributed by atoms with Crippen molar-refractivity contribution in [1.82, 2.24) is 0 Å². The predicted molar refractivity (Wildman–Crippen MR) is 51.1 cm³/mol. The van der Waals surface area contributed by atoms with Crippen molar-refractivity contribution in [3.05, 3.63) is 0 Å². The van der Waals surface area contributed by atoms with E-state index < -0.39 is 0 Å². The van der Waals surface area contributed by atoms with E-state index in [-0.39, 0.29) is 5.60 Å². The molecule has 0 aliphatic heterocycles. The number of ether oxygens (including phenoxy) is 1. The molecule has 1 aliphatic carbocycles. The molecule has 2 heteroatoms. The van der Waals surface area contributed by atoms with E-state index in [0.717, 1.165) is 13.0 Å². The molecule has 0 aromatic carbocycles. The molecule has 0 spiro atoms. The zero-order valence-electron chi connectivity index (χ0n) is 8.31. The van der Waals surface area contributed by atoms with Gasteiger partial charge in [-0.1, -0.05) is 12.8 Å². The topological polar surface area (TPSA) is 35.2 Å². The third-order valence-electron chi connectivity index (χ3n) is 2.60. The Labute approximate surface area is 75.5 Å². The van der Waals surface area contributed by atoms with Gasteiger partial charge < -0.3 is 10.5 Å². The Morgan fingerprint density at radius 1 is 1.33 bits per heavy atom. The van der Waals surface area contributed by atoms with Crippen LogP contribution in [0.1, 0.15) is 46.0 Å². The average molecular weight is 171 g/mol. The summed E-state index contributed by atoms with van der Waals surface area (Å²) >= 11 is 0. The highest BCUT2D eigenvalue weighted by atomic mass is 16.5.